The number of carbonyl (C=O) groups excluding carboxylic acids is 1. The Balaban J connectivity index is 2.41. The number of hydrogen-bond donors (Lipinski definition) is 1. The number of nitrogens with one attached hydrogen (secondary N) is 1. The molecule has 0 spiro atoms. The number of ether oxygens (including phenoxy) is 1. The first-order valence-electron chi connectivity index (χ1n) is 6.09. The third-order valence-electron chi connectivity index (χ3n) is 3.16. The minimum atomic E-state index is -0.113. The van der Waals surface area contributed by atoms with Crippen LogP contribution in [0.4, 0.5) is 0 Å². The van der Waals surface area contributed by atoms with Crippen molar-refractivity contribution < 1.29 is 9.53 Å². The van der Waals surface area contributed by atoms with E-state index in [1.54, 1.807) is 11.8 Å². The fourth-order valence-electron chi connectivity index (χ4n) is 2.24. The van der Waals surface area contributed by atoms with E-state index >= 15 is 0 Å². The van der Waals surface area contributed by atoms with Crippen LogP contribution in [0.2, 0.25) is 0 Å². The fraction of sp³-hybridized carbons (Fsp3) is 0.917. The van der Waals surface area contributed by atoms with Gasteiger partial charge in [0.2, 0.25) is 0 Å². The van der Waals surface area contributed by atoms with Crippen LogP contribution in [0.15, 0.2) is 0 Å². The van der Waals surface area contributed by atoms with E-state index in [0.717, 1.165) is 12.5 Å². The highest BCUT2D eigenvalue weighted by atomic mass is 32.2. The van der Waals surface area contributed by atoms with Crippen molar-refractivity contribution in [2.45, 2.75) is 44.4 Å². The van der Waals surface area contributed by atoms with Crippen LogP contribution in [0, 0.1) is 5.92 Å². The zero-order valence-electron chi connectivity index (χ0n) is 10.5. The molecule has 4 heteroatoms. The number of rotatable bonds is 5. The Morgan fingerprint density at radius 1 is 1.50 bits per heavy atom. The number of esters is 1. The molecule has 1 rings (SSSR count). The van der Waals surface area contributed by atoms with Crippen LogP contribution in [0.5, 0.6) is 0 Å². The van der Waals surface area contributed by atoms with E-state index in [0.29, 0.717) is 17.0 Å². The van der Waals surface area contributed by atoms with Gasteiger partial charge in [-0.3, -0.25) is 4.79 Å². The maximum absolute atomic E-state index is 11.1. The second-order valence-electron chi connectivity index (χ2n) is 4.51. The van der Waals surface area contributed by atoms with Crippen molar-refractivity contribution in [2.75, 3.05) is 19.4 Å². The molecule has 0 saturated heterocycles. The Kier molecular flexibility index (Phi) is 6.21. The van der Waals surface area contributed by atoms with Crippen molar-refractivity contribution in [1.29, 1.82) is 0 Å². The first kappa shape index (κ1) is 13.8. The van der Waals surface area contributed by atoms with Crippen LogP contribution < -0.4 is 5.32 Å². The maximum atomic E-state index is 11.1. The van der Waals surface area contributed by atoms with Crippen LogP contribution in [0.3, 0.4) is 0 Å². The van der Waals surface area contributed by atoms with Gasteiger partial charge in [-0.15, -0.1) is 11.8 Å². The summed E-state index contributed by atoms with van der Waals surface area (Å²) in [5, 5.41) is 4.08. The van der Waals surface area contributed by atoms with Gasteiger partial charge in [-0.2, -0.15) is 0 Å². The molecule has 0 heterocycles. The third-order valence-corrected chi connectivity index (χ3v) is 4.51. The number of thioether (sulfide) groups is 1. The van der Waals surface area contributed by atoms with E-state index in [4.69, 9.17) is 0 Å². The summed E-state index contributed by atoms with van der Waals surface area (Å²) in [6.07, 6.45) is 3.74. The van der Waals surface area contributed by atoms with E-state index in [1.165, 1.54) is 26.4 Å². The molecule has 0 radical (unpaired) electrons. The lowest BCUT2D eigenvalue weighted by Gasteiger charge is -2.34. The standard InChI is InChI=1S/C12H23NO2S/c1-4-13-10-6-5-9(2)7-11(10)16-8-12(14)15-3/h9-11,13H,4-8H2,1-3H3. The van der Waals surface area contributed by atoms with E-state index < -0.39 is 0 Å². The summed E-state index contributed by atoms with van der Waals surface area (Å²) < 4.78 is 4.68. The van der Waals surface area contributed by atoms with Crippen LogP contribution in [0.25, 0.3) is 0 Å². The first-order valence-corrected chi connectivity index (χ1v) is 7.14. The van der Waals surface area contributed by atoms with Gasteiger partial charge in [-0.1, -0.05) is 13.8 Å². The van der Waals surface area contributed by atoms with Crippen LogP contribution in [-0.2, 0) is 9.53 Å². The molecule has 0 aromatic heterocycles. The average molecular weight is 245 g/mol. The SMILES string of the molecule is CCNC1CCC(C)CC1SCC(=O)OC. The summed E-state index contributed by atoms with van der Waals surface area (Å²) in [6, 6.07) is 0.566. The van der Waals surface area contributed by atoms with Crippen LogP contribution in [-0.4, -0.2) is 36.7 Å². The Bertz CT molecular complexity index is 223. The highest BCUT2D eigenvalue weighted by Gasteiger charge is 2.28. The number of carbonyl (C=O) groups is 1. The molecule has 16 heavy (non-hydrogen) atoms. The van der Waals surface area contributed by atoms with Crippen molar-refractivity contribution in [3.8, 4) is 0 Å². The molecular formula is C12H23NO2S. The second-order valence-corrected chi connectivity index (χ2v) is 5.74. The minimum Gasteiger partial charge on any atom is -0.468 e. The fourth-order valence-corrected chi connectivity index (χ4v) is 3.64. The Labute approximate surface area is 103 Å². The summed E-state index contributed by atoms with van der Waals surface area (Å²) in [5.74, 6) is 1.15. The van der Waals surface area contributed by atoms with Crippen LogP contribution in [0.1, 0.15) is 33.1 Å². The molecule has 1 aliphatic rings. The predicted molar refractivity (Wildman–Crippen MR) is 68.7 cm³/mol. The van der Waals surface area contributed by atoms with Gasteiger partial charge in [0.25, 0.3) is 0 Å². The molecule has 1 N–H and O–H groups in total. The molecule has 0 aromatic rings. The van der Waals surface area contributed by atoms with Crippen molar-refractivity contribution in [3.63, 3.8) is 0 Å². The van der Waals surface area contributed by atoms with Gasteiger partial charge in [0.05, 0.1) is 12.9 Å². The lowest BCUT2D eigenvalue weighted by molar-refractivity contribution is -0.137. The van der Waals surface area contributed by atoms with Crippen molar-refractivity contribution in [3.05, 3.63) is 0 Å². The number of methoxy groups -OCH3 is 1. The number of hydrogen-bond acceptors (Lipinski definition) is 4. The Hall–Kier alpha value is -0.220. The molecule has 0 bridgehead atoms. The largest absolute Gasteiger partial charge is 0.468 e. The molecule has 0 aliphatic heterocycles. The summed E-state index contributed by atoms with van der Waals surface area (Å²) in [7, 11) is 1.45. The molecular weight excluding hydrogens is 222 g/mol. The van der Waals surface area contributed by atoms with Crippen molar-refractivity contribution in [2.24, 2.45) is 5.92 Å². The molecule has 0 amide bonds. The molecule has 94 valence electrons. The first-order chi connectivity index (χ1) is 7.67. The normalized spacial score (nSPS) is 30.1. The Morgan fingerprint density at radius 3 is 2.88 bits per heavy atom. The lowest BCUT2D eigenvalue weighted by Crippen LogP contribution is -2.42. The lowest BCUT2D eigenvalue weighted by atomic mass is 9.87. The van der Waals surface area contributed by atoms with Gasteiger partial charge in [0.15, 0.2) is 0 Å². The van der Waals surface area contributed by atoms with E-state index in [2.05, 4.69) is 23.9 Å². The second kappa shape index (κ2) is 7.17. The van der Waals surface area contributed by atoms with Gasteiger partial charge in [0, 0.05) is 11.3 Å². The molecule has 1 saturated carbocycles. The van der Waals surface area contributed by atoms with Gasteiger partial charge < -0.3 is 10.1 Å². The van der Waals surface area contributed by atoms with Gasteiger partial charge in [0.1, 0.15) is 0 Å². The highest BCUT2D eigenvalue weighted by molar-refractivity contribution is 8.00. The summed E-state index contributed by atoms with van der Waals surface area (Å²) >= 11 is 1.74. The minimum absolute atomic E-state index is 0.113. The van der Waals surface area contributed by atoms with Gasteiger partial charge in [-0.25, -0.2) is 0 Å². The van der Waals surface area contributed by atoms with Gasteiger partial charge in [-0.05, 0) is 31.7 Å². The summed E-state index contributed by atoms with van der Waals surface area (Å²) in [6.45, 7) is 5.45. The van der Waals surface area contributed by atoms with E-state index in [-0.39, 0.29) is 5.97 Å². The van der Waals surface area contributed by atoms with E-state index in [9.17, 15) is 4.79 Å². The van der Waals surface area contributed by atoms with Crippen molar-refractivity contribution >= 4 is 17.7 Å². The van der Waals surface area contributed by atoms with Crippen molar-refractivity contribution in [1.82, 2.24) is 5.32 Å². The highest BCUT2D eigenvalue weighted by Crippen LogP contribution is 2.32. The zero-order chi connectivity index (χ0) is 12.0. The van der Waals surface area contributed by atoms with Gasteiger partial charge >= 0.3 is 5.97 Å². The molecule has 0 aromatic carbocycles. The third kappa shape index (κ3) is 4.34. The topological polar surface area (TPSA) is 38.3 Å². The average Bonchev–Trinajstić information content (AvgIpc) is 2.29. The predicted octanol–water partition coefficient (Wildman–Crippen LogP) is 2.06. The summed E-state index contributed by atoms with van der Waals surface area (Å²) in [4.78, 5) is 11.1. The zero-order valence-corrected chi connectivity index (χ0v) is 11.3. The summed E-state index contributed by atoms with van der Waals surface area (Å²) in [5.41, 5.74) is 0. The smallest absolute Gasteiger partial charge is 0.315 e. The molecule has 1 aliphatic carbocycles. The van der Waals surface area contributed by atoms with E-state index in [1.807, 2.05) is 0 Å². The molecule has 1 fully saturated rings. The Morgan fingerprint density at radius 2 is 2.25 bits per heavy atom. The molecule has 3 nitrogen and oxygen atoms in total. The monoisotopic (exact) mass is 245 g/mol. The molecule has 3 unspecified atom stereocenters. The van der Waals surface area contributed by atoms with Crippen LogP contribution >= 0.6 is 11.8 Å². The molecule has 3 atom stereocenters. The maximum Gasteiger partial charge on any atom is 0.315 e. The quantitative estimate of drug-likeness (QED) is 0.753.